The number of hydrogen-bond acceptors (Lipinski definition) is 3. The number of aryl methyl sites for hydroxylation is 2. The van der Waals surface area contributed by atoms with Crippen molar-refractivity contribution < 1.29 is 14.3 Å². The number of carbonyl (C=O) groups is 1. The molecule has 0 saturated carbocycles. The zero-order chi connectivity index (χ0) is 17.0. The van der Waals surface area contributed by atoms with Gasteiger partial charge in [-0.15, -0.1) is 0 Å². The second-order valence-corrected chi connectivity index (χ2v) is 5.52. The van der Waals surface area contributed by atoms with Crippen molar-refractivity contribution in [2.45, 2.75) is 20.3 Å². The number of amides is 1. The first-order valence-electron chi connectivity index (χ1n) is 7.33. The summed E-state index contributed by atoms with van der Waals surface area (Å²) in [4.78, 5) is 12.6. The molecule has 0 radical (unpaired) electrons. The highest BCUT2D eigenvalue weighted by Crippen LogP contribution is 2.36. The van der Waals surface area contributed by atoms with Crippen molar-refractivity contribution in [3.05, 3.63) is 52.0 Å². The highest BCUT2D eigenvalue weighted by molar-refractivity contribution is 6.32. The van der Waals surface area contributed by atoms with Gasteiger partial charge in [0.05, 0.1) is 19.2 Å². The Balaban J connectivity index is 2.37. The van der Waals surface area contributed by atoms with Crippen molar-refractivity contribution >= 4 is 23.2 Å². The van der Waals surface area contributed by atoms with Crippen LogP contribution in [-0.2, 0) is 6.42 Å². The number of ether oxygens (including phenoxy) is 2. The highest BCUT2D eigenvalue weighted by atomic mass is 35.5. The van der Waals surface area contributed by atoms with Gasteiger partial charge in [-0.05, 0) is 36.6 Å². The molecule has 0 bridgehead atoms. The molecule has 0 heterocycles. The average Bonchev–Trinajstić information content (AvgIpc) is 2.55. The normalized spacial score (nSPS) is 10.3. The van der Waals surface area contributed by atoms with E-state index in [0.717, 1.165) is 23.2 Å². The summed E-state index contributed by atoms with van der Waals surface area (Å²) in [6.07, 6.45) is 0.837. The van der Waals surface area contributed by atoms with Crippen LogP contribution >= 0.6 is 11.6 Å². The van der Waals surface area contributed by atoms with Crippen LogP contribution in [0.3, 0.4) is 0 Å². The third-order valence-corrected chi connectivity index (χ3v) is 3.96. The number of methoxy groups -OCH3 is 2. The minimum Gasteiger partial charge on any atom is -0.493 e. The van der Waals surface area contributed by atoms with E-state index in [0.29, 0.717) is 22.1 Å². The molecule has 0 saturated heterocycles. The van der Waals surface area contributed by atoms with Crippen LogP contribution in [0.5, 0.6) is 11.5 Å². The third-order valence-electron chi connectivity index (χ3n) is 3.67. The molecule has 2 aromatic carbocycles. The fraction of sp³-hybridized carbons (Fsp3) is 0.278. The van der Waals surface area contributed by atoms with Gasteiger partial charge in [0, 0.05) is 11.3 Å². The number of hydrogen-bond donors (Lipinski definition) is 1. The Morgan fingerprint density at radius 1 is 1.22 bits per heavy atom. The summed E-state index contributed by atoms with van der Waals surface area (Å²) in [5.41, 5.74) is 3.36. The van der Waals surface area contributed by atoms with Gasteiger partial charge >= 0.3 is 0 Å². The van der Waals surface area contributed by atoms with E-state index in [1.54, 1.807) is 12.1 Å². The first kappa shape index (κ1) is 17.2. The first-order chi connectivity index (χ1) is 11.0. The van der Waals surface area contributed by atoms with E-state index in [4.69, 9.17) is 21.1 Å². The minimum atomic E-state index is -0.239. The Morgan fingerprint density at radius 2 is 1.96 bits per heavy atom. The standard InChI is InChI=1S/C18H20ClNO3/c1-5-12-8-6-7-11(2)16(12)20-18(21)13-9-14(19)17(23-4)15(10-13)22-3/h6-10H,5H2,1-4H3,(H,20,21). The highest BCUT2D eigenvalue weighted by Gasteiger charge is 2.16. The summed E-state index contributed by atoms with van der Waals surface area (Å²) in [5.74, 6) is 0.596. The van der Waals surface area contributed by atoms with Crippen LogP contribution in [0.2, 0.25) is 5.02 Å². The van der Waals surface area contributed by atoms with Gasteiger partial charge in [-0.2, -0.15) is 0 Å². The van der Waals surface area contributed by atoms with Gasteiger partial charge in [0.2, 0.25) is 0 Å². The number of halogens is 1. The number of benzene rings is 2. The molecule has 2 rings (SSSR count). The molecule has 23 heavy (non-hydrogen) atoms. The maximum Gasteiger partial charge on any atom is 0.255 e. The molecule has 0 aliphatic carbocycles. The van der Waals surface area contributed by atoms with Crippen molar-refractivity contribution in [2.24, 2.45) is 0 Å². The number of para-hydroxylation sites is 1. The van der Waals surface area contributed by atoms with Gasteiger partial charge in [-0.3, -0.25) is 4.79 Å². The third kappa shape index (κ3) is 3.59. The summed E-state index contributed by atoms with van der Waals surface area (Å²) >= 11 is 6.17. The Morgan fingerprint density at radius 3 is 2.57 bits per heavy atom. The molecule has 0 atom stereocenters. The number of anilines is 1. The van der Waals surface area contributed by atoms with Crippen LogP contribution in [0, 0.1) is 6.92 Å². The van der Waals surface area contributed by atoms with E-state index in [-0.39, 0.29) is 5.91 Å². The van der Waals surface area contributed by atoms with Crippen molar-refractivity contribution in [1.82, 2.24) is 0 Å². The van der Waals surface area contributed by atoms with Crippen LogP contribution in [0.25, 0.3) is 0 Å². The zero-order valence-electron chi connectivity index (χ0n) is 13.7. The first-order valence-corrected chi connectivity index (χ1v) is 7.71. The van der Waals surface area contributed by atoms with E-state index < -0.39 is 0 Å². The van der Waals surface area contributed by atoms with Crippen molar-refractivity contribution in [3.8, 4) is 11.5 Å². The van der Waals surface area contributed by atoms with Gasteiger partial charge in [-0.1, -0.05) is 36.7 Å². The molecule has 5 heteroatoms. The molecule has 0 spiro atoms. The summed E-state index contributed by atoms with van der Waals surface area (Å²) in [7, 11) is 3.01. The maximum absolute atomic E-state index is 12.6. The van der Waals surface area contributed by atoms with Crippen molar-refractivity contribution in [1.29, 1.82) is 0 Å². The lowest BCUT2D eigenvalue weighted by Gasteiger charge is -2.15. The van der Waals surface area contributed by atoms with Crippen LogP contribution in [0.4, 0.5) is 5.69 Å². The number of rotatable bonds is 5. The molecular formula is C18H20ClNO3. The smallest absolute Gasteiger partial charge is 0.255 e. The molecule has 0 aromatic heterocycles. The van der Waals surface area contributed by atoms with Gasteiger partial charge in [0.15, 0.2) is 11.5 Å². The monoisotopic (exact) mass is 333 g/mol. The molecule has 122 valence electrons. The fourth-order valence-electron chi connectivity index (χ4n) is 2.44. The number of nitrogens with one attached hydrogen (secondary N) is 1. The summed E-state index contributed by atoms with van der Waals surface area (Å²) in [6.45, 7) is 4.02. The molecule has 0 aliphatic heterocycles. The van der Waals surface area contributed by atoms with E-state index in [1.165, 1.54) is 14.2 Å². The Labute approximate surface area is 141 Å². The molecule has 2 aromatic rings. The van der Waals surface area contributed by atoms with Crippen LogP contribution < -0.4 is 14.8 Å². The minimum absolute atomic E-state index is 0.239. The van der Waals surface area contributed by atoms with Crippen LogP contribution in [0.15, 0.2) is 30.3 Å². The quantitative estimate of drug-likeness (QED) is 0.877. The van der Waals surface area contributed by atoms with E-state index in [1.807, 2.05) is 25.1 Å². The molecule has 4 nitrogen and oxygen atoms in total. The van der Waals surface area contributed by atoms with Crippen LogP contribution in [-0.4, -0.2) is 20.1 Å². The van der Waals surface area contributed by atoms with Gasteiger partial charge in [-0.25, -0.2) is 0 Å². The predicted octanol–water partition coefficient (Wildman–Crippen LogP) is 4.48. The summed E-state index contributed by atoms with van der Waals surface area (Å²) < 4.78 is 10.4. The predicted molar refractivity (Wildman–Crippen MR) is 93.1 cm³/mol. The van der Waals surface area contributed by atoms with Gasteiger partial charge < -0.3 is 14.8 Å². The Hall–Kier alpha value is -2.20. The molecule has 0 fully saturated rings. The molecular weight excluding hydrogens is 314 g/mol. The molecule has 1 amide bonds. The number of carbonyl (C=O) groups excluding carboxylic acids is 1. The van der Waals surface area contributed by atoms with E-state index >= 15 is 0 Å². The largest absolute Gasteiger partial charge is 0.493 e. The second kappa shape index (κ2) is 7.38. The van der Waals surface area contributed by atoms with E-state index in [2.05, 4.69) is 12.2 Å². The Kier molecular flexibility index (Phi) is 5.50. The average molecular weight is 334 g/mol. The lowest BCUT2D eigenvalue weighted by Crippen LogP contribution is -2.14. The second-order valence-electron chi connectivity index (χ2n) is 5.11. The topological polar surface area (TPSA) is 47.6 Å². The van der Waals surface area contributed by atoms with Crippen LogP contribution in [0.1, 0.15) is 28.4 Å². The molecule has 0 aliphatic rings. The van der Waals surface area contributed by atoms with Crippen molar-refractivity contribution in [2.75, 3.05) is 19.5 Å². The Bertz CT molecular complexity index is 728. The fourth-order valence-corrected chi connectivity index (χ4v) is 2.72. The lowest BCUT2D eigenvalue weighted by molar-refractivity contribution is 0.102. The zero-order valence-corrected chi connectivity index (χ0v) is 14.5. The SMILES string of the molecule is CCc1cccc(C)c1NC(=O)c1cc(Cl)c(OC)c(OC)c1. The lowest BCUT2D eigenvalue weighted by atomic mass is 10.1. The van der Waals surface area contributed by atoms with Gasteiger partial charge in [0.25, 0.3) is 5.91 Å². The summed E-state index contributed by atoms with van der Waals surface area (Å²) in [6, 6.07) is 9.14. The van der Waals surface area contributed by atoms with E-state index in [9.17, 15) is 4.79 Å². The summed E-state index contributed by atoms with van der Waals surface area (Å²) in [5, 5.41) is 3.30. The maximum atomic E-state index is 12.6. The van der Waals surface area contributed by atoms with Gasteiger partial charge in [0.1, 0.15) is 0 Å². The van der Waals surface area contributed by atoms with Crippen molar-refractivity contribution in [3.63, 3.8) is 0 Å². The molecule has 1 N–H and O–H groups in total. The molecule has 0 unspecified atom stereocenters.